The molecule has 0 aromatic heterocycles. The van der Waals surface area contributed by atoms with Crippen LogP contribution in [0.4, 0.5) is 22.4 Å². The first-order valence-electron chi connectivity index (χ1n) is 4.68. The van der Waals surface area contributed by atoms with E-state index in [-0.39, 0.29) is 19.0 Å². The number of carbonyl (C=O) groups excluding carboxylic acids is 1. The molecule has 8 heteroatoms. The fraction of sp³-hybridized carbons (Fsp3) is 0.300. The normalized spacial score (nSPS) is 18.9. The highest BCUT2D eigenvalue weighted by molar-refractivity contribution is 5.85. The predicted octanol–water partition coefficient (Wildman–Crippen LogP) is 3.05. The smallest absolute Gasteiger partial charge is 0.416 e. The van der Waals surface area contributed by atoms with Crippen LogP contribution in [0.1, 0.15) is 17.2 Å². The van der Waals surface area contributed by atoms with Crippen molar-refractivity contribution < 1.29 is 27.1 Å². The standard InChI is InChI=1S/C10H7F4NO2.ClH/c11-6-3-1-2-5(10(12,13)14)8(6)7-4-17-9(16)15-7;/h1-3,7H,4H2,(H,15,16);1H/t7-;/m0./s1. The first-order valence-corrected chi connectivity index (χ1v) is 4.68. The first kappa shape index (κ1) is 14.6. The Bertz CT molecular complexity index is 464. The van der Waals surface area contributed by atoms with E-state index in [0.717, 1.165) is 18.2 Å². The minimum atomic E-state index is -4.68. The number of hydrogen-bond donors (Lipinski definition) is 1. The third-order valence-corrected chi connectivity index (χ3v) is 2.38. The molecule has 100 valence electrons. The zero-order chi connectivity index (χ0) is 12.6. The summed E-state index contributed by atoms with van der Waals surface area (Å²) in [5.74, 6) is -1.02. The molecule has 0 aliphatic carbocycles. The molecule has 1 amide bonds. The van der Waals surface area contributed by atoms with Gasteiger partial charge in [0.25, 0.3) is 0 Å². The molecule has 1 atom stereocenters. The minimum absolute atomic E-state index is 0. The molecule has 1 aliphatic heterocycles. The second-order valence-corrected chi connectivity index (χ2v) is 3.49. The monoisotopic (exact) mass is 285 g/mol. The van der Waals surface area contributed by atoms with Gasteiger partial charge in [-0.1, -0.05) is 6.07 Å². The number of hydrogen-bond acceptors (Lipinski definition) is 2. The van der Waals surface area contributed by atoms with Crippen molar-refractivity contribution in [2.24, 2.45) is 0 Å². The van der Waals surface area contributed by atoms with Crippen LogP contribution >= 0.6 is 12.4 Å². The predicted molar refractivity (Wildman–Crippen MR) is 55.9 cm³/mol. The molecule has 1 aromatic carbocycles. The largest absolute Gasteiger partial charge is 0.447 e. The number of ether oxygens (including phenoxy) is 1. The quantitative estimate of drug-likeness (QED) is 0.806. The Morgan fingerprint density at radius 3 is 2.50 bits per heavy atom. The van der Waals surface area contributed by atoms with Crippen LogP contribution in [-0.4, -0.2) is 12.7 Å². The van der Waals surface area contributed by atoms with E-state index in [1.54, 1.807) is 0 Å². The fourth-order valence-electron chi connectivity index (χ4n) is 1.68. The van der Waals surface area contributed by atoms with Crippen LogP contribution in [-0.2, 0) is 10.9 Å². The van der Waals surface area contributed by atoms with E-state index in [0.29, 0.717) is 0 Å². The van der Waals surface area contributed by atoms with Crippen LogP contribution in [0.2, 0.25) is 0 Å². The summed E-state index contributed by atoms with van der Waals surface area (Å²) in [6.45, 7) is -0.317. The van der Waals surface area contributed by atoms with Gasteiger partial charge in [-0.3, -0.25) is 0 Å². The molecule has 1 saturated heterocycles. The molecule has 0 unspecified atom stereocenters. The van der Waals surface area contributed by atoms with E-state index in [1.807, 2.05) is 0 Å². The average Bonchev–Trinajstić information content (AvgIpc) is 2.63. The van der Waals surface area contributed by atoms with Crippen LogP contribution in [0.3, 0.4) is 0 Å². The van der Waals surface area contributed by atoms with Gasteiger partial charge in [0, 0.05) is 5.56 Å². The summed E-state index contributed by atoms with van der Waals surface area (Å²) < 4.78 is 55.9. The van der Waals surface area contributed by atoms with Crippen molar-refractivity contribution in [3.63, 3.8) is 0 Å². The zero-order valence-electron chi connectivity index (χ0n) is 8.75. The number of halogens is 5. The Labute approximate surface area is 106 Å². The average molecular weight is 286 g/mol. The SMILES string of the molecule is Cl.O=C1N[C@H](c2c(F)cccc2C(F)(F)F)CO1. The molecule has 18 heavy (non-hydrogen) atoms. The Balaban J connectivity index is 0.00000162. The molecule has 0 bridgehead atoms. The highest BCUT2D eigenvalue weighted by atomic mass is 35.5. The molecule has 0 radical (unpaired) electrons. The van der Waals surface area contributed by atoms with E-state index in [2.05, 4.69) is 10.1 Å². The third-order valence-electron chi connectivity index (χ3n) is 2.38. The second-order valence-electron chi connectivity index (χ2n) is 3.49. The second kappa shape index (κ2) is 5.01. The summed E-state index contributed by atoms with van der Waals surface area (Å²) >= 11 is 0. The first-order chi connectivity index (χ1) is 7.89. The lowest BCUT2D eigenvalue weighted by Gasteiger charge is -2.16. The van der Waals surface area contributed by atoms with Crippen LogP contribution in [0, 0.1) is 5.82 Å². The van der Waals surface area contributed by atoms with Gasteiger partial charge in [-0.25, -0.2) is 9.18 Å². The van der Waals surface area contributed by atoms with Crippen LogP contribution < -0.4 is 5.32 Å². The molecule has 0 spiro atoms. The summed E-state index contributed by atoms with van der Waals surface area (Å²) in [5, 5.41) is 2.12. The maximum absolute atomic E-state index is 13.5. The van der Waals surface area contributed by atoms with Crippen molar-refractivity contribution in [1.29, 1.82) is 0 Å². The highest BCUT2D eigenvalue weighted by Gasteiger charge is 2.39. The third kappa shape index (κ3) is 2.66. The zero-order valence-corrected chi connectivity index (χ0v) is 9.57. The summed E-state index contributed by atoms with van der Waals surface area (Å²) in [4.78, 5) is 10.8. The van der Waals surface area contributed by atoms with E-state index in [1.165, 1.54) is 0 Å². The molecule has 2 rings (SSSR count). The molecule has 1 N–H and O–H groups in total. The minimum Gasteiger partial charge on any atom is -0.447 e. The number of alkyl carbamates (subject to hydrolysis) is 1. The van der Waals surface area contributed by atoms with Crippen molar-refractivity contribution in [3.05, 3.63) is 35.1 Å². The van der Waals surface area contributed by atoms with E-state index in [4.69, 9.17) is 0 Å². The summed E-state index contributed by atoms with van der Waals surface area (Å²) in [5.41, 5.74) is -1.70. The number of benzene rings is 1. The van der Waals surface area contributed by atoms with Crippen LogP contribution in [0.25, 0.3) is 0 Å². The fourth-order valence-corrected chi connectivity index (χ4v) is 1.68. The Hall–Kier alpha value is -1.50. The molecular formula is C10H8ClF4NO2. The van der Waals surface area contributed by atoms with Crippen LogP contribution in [0.15, 0.2) is 18.2 Å². The van der Waals surface area contributed by atoms with E-state index in [9.17, 15) is 22.4 Å². The van der Waals surface area contributed by atoms with Gasteiger partial charge < -0.3 is 10.1 Å². The number of rotatable bonds is 1. The number of amides is 1. The van der Waals surface area contributed by atoms with Crippen molar-refractivity contribution in [2.45, 2.75) is 12.2 Å². The molecule has 0 saturated carbocycles. The summed E-state index contributed by atoms with van der Waals surface area (Å²) in [7, 11) is 0. The lowest BCUT2D eigenvalue weighted by Crippen LogP contribution is -2.23. The lowest BCUT2D eigenvalue weighted by atomic mass is 10.00. The lowest BCUT2D eigenvalue weighted by molar-refractivity contribution is -0.138. The Kier molecular flexibility index (Phi) is 4.05. The van der Waals surface area contributed by atoms with Crippen molar-refractivity contribution in [3.8, 4) is 0 Å². The van der Waals surface area contributed by atoms with Crippen molar-refractivity contribution in [2.75, 3.05) is 6.61 Å². The highest BCUT2D eigenvalue weighted by Crippen LogP contribution is 2.36. The summed E-state index contributed by atoms with van der Waals surface area (Å²) in [6.07, 6.45) is -5.53. The van der Waals surface area contributed by atoms with E-state index >= 15 is 0 Å². The van der Waals surface area contributed by atoms with Crippen molar-refractivity contribution >= 4 is 18.5 Å². The molecule has 1 aliphatic rings. The topological polar surface area (TPSA) is 38.3 Å². The van der Waals surface area contributed by atoms with Gasteiger partial charge in [0.1, 0.15) is 12.4 Å². The Morgan fingerprint density at radius 2 is 2.00 bits per heavy atom. The summed E-state index contributed by atoms with van der Waals surface area (Å²) in [6, 6.07) is 1.54. The molecule has 1 heterocycles. The van der Waals surface area contributed by atoms with Gasteiger partial charge in [-0.15, -0.1) is 12.4 Å². The van der Waals surface area contributed by atoms with Gasteiger partial charge in [-0.05, 0) is 12.1 Å². The van der Waals surface area contributed by atoms with Crippen LogP contribution in [0.5, 0.6) is 0 Å². The Morgan fingerprint density at radius 1 is 1.33 bits per heavy atom. The van der Waals surface area contributed by atoms with Gasteiger partial charge in [0.15, 0.2) is 0 Å². The molecule has 1 fully saturated rings. The molecule has 3 nitrogen and oxygen atoms in total. The number of nitrogens with one attached hydrogen (secondary N) is 1. The van der Waals surface area contributed by atoms with Gasteiger partial charge in [0.2, 0.25) is 0 Å². The molecule has 1 aromatic rings. The van der Waals surface area contributed by atoms with E-state index < -0.39 is 35.3 Å². The number of alkyl halides is 3. The van der Waals surface area contributed by atoms with Gasteiger partial charge >= 0.3 is 12.3 Å². The van der Waals surface area contributed by atoms with Gasteiger partial charge in [0.05, 0.1) is 11.6 Å². The number of cyclic esters (lactones) is 1. The van der Waals surface area contributed by atoms with Crippen molar-refractivity contribution in [1.82, 2.24) is 5.32 Å². The maximum atomic E-state index is 13.5. The molecular weight excluding hydrogens is 278 g/mol. The maximum Gasteiger partial charge on any atom is 0.416 e. The number of carbonyl (C=O) groups is 1. The van der Waals surface area contributed by atoms with Gasteiger partial charge in [-0.2, -0.15) is 13.2 Å².